The minimum atomic E-state index is -3.78. The zero-order chi connectivity index (χ0) is 19.7. The van der Waals surface area contributed by atoms with E-state index >= 15 is 0 Å². The van der Waals surface area contributed by atoms with Crippen LogP contribution < -0.4 is 5.32 Å². The van der Waals surface area contributed by atoms with E-state index in [0.717, 1.165) is 18.4 Å². The number of amidine groups is 1. The van der Waals surface area contributed by atoms with Gasteiger partial charge in [0.05, 0.1) is 4.90 Å². The number of likely N-dealkylation sites (tertiary alicyclic amines) is 1. The molecule has 3 aromatic rings. The van der Waals surface area contributed by atoms with E-state index in [1.807, 2.05) is 30.1 Å². The van der Waals surface area contributed by atoms with Crippen LogP contribution in [0.15, 0.2) is 68.3 Å². The van der Waals surface area contributed by atoms with E-state index in [0.29, 0.717) is 23.5 Å². The monoisotopic (exact) mass is 397 g/mol. The van der Waals surface area contributed by atoms with Crippen LogP contribution in [0.5, 0.6) is 0 Å². The quantitative estimate of drug-likeness (QED) is 0.727. The predicted octanol–water partition coefficient (Wildman–Crippen LogP) is 3.50. The van der Waals surface area contributed by atoms with Crippen LogP contribution in [0.25, 0.3) is 11.0 Å². The molecular weight excluding hydrogens is 378 g/mol. The number of hydrogen-bond acceptors (Lipinski definition) is 4. The number of carbonyl (C=O) groups is 1. The smallest absolute Gasteiger partial charge is 0.291 e. The minimum absolute atomic E-state index is 0.0852. The molecule has 4 rings (SSSR count). The first-order valence-electron chi connectivity index (χ1n) is 8.87. The Morgan fingerprint density at radius 3 is 2.57 bits per heavy atom. The topological polar surface area (TPSA) is 92.0 Å². The second-order valence-corrected chi connectivity index (χ2v) is 8.24. The van der Waals surface area contributed by atoms with Gasteiger partial charge in [0, 0.05) is 31.1 Å². The molecule has 28 heavy (non-hydrogen) atoms. The number of rotatable bonds is 4. The maximum atomic E-state index is 12.5. The summed E-state index contributed by atoms with van der Waals surface area (Å²) in [4.78, 5) is 14.3. The lowest BCUT2D eigenvalue weighted by Gasteiger charge is -2.11. The molecular formula is C20H19N3O4S. The summed E-state index contributed by atoms with van der Waals surface area (Å²) < 4.78 is 34.4. The maximum absolute atomic E-state index is 12.5. The summed E-state index contributed by atoms with van der Waals surface area (Å²) in [5.74, 6) is 0.357. The first kappa shape index (κ1) is 18.2. The number of hydrogen-bond donors (Lipinski definition) is 1. The van der Waals surface area contributed by atoms with Crippen molar-refractivity contribution >= 4 is 38.4 Å². The molecule has 0 unspecified atom stereocenters. The Labute approximate surface area is 162 Å². The lowest BCUT2D eigenvalue weighted by Crippen LogP contribution is -2.20. The Hall–Kier alpha value is -3.13. The molecule has 0 spiro atoms. The number of anilines is 1. The number of para-hydroxylation sites is 1. The Balaban J connectivity index is 1.50. The van der Waals surface area contributed by atoms with Crippen LogP contribution in [0.3, 0.4) is 0 Å². The third-order valence-electron chi connectivity index (χ3n) is 4.62. The van der Waals surface area contributed by atoms with Crippen molar-refractivity contribution in [2.75, 3.05) is 18.9 Å². The fraction of sp³-hybridized carbons (Fsp3) is 0.200. The number of furan rings is 1. The van der Waals surface area contributed by atoms with Crippen molar-refractivity contribution in [1.82, 2.24) is 4.90 Å². The van der Waals surface area contributed by atoms with Gasteiger partial charge in [0.1, 0.15) is 11.4 Å². The second-order valence-electron chi connectivity index (χ2n) is 6.63. The van der Waals surface area contributed by atoms with E-state index in [-0.39, 0.29) is 10.7 Å². The van der Waals surface area contributed by atoms with Crippen molar-refractivity contribution in [3.63, 3.8) is 0 Å². The van der Waals surface area contributed by atoms with E-state index in [9.17, 15) is 13.2 Å². The van der Waals surface area contributed by atoms with Gasteiger partial charge in [-0.15, -0.1) is 4.40 Å². The molecule has 2 heterocycles. The van der Waals surface area contributed by atoms with Gasteiger partial charge in [0.2, 0.25) is 0 Å². The molecule has 1 aromatic heterocycles. The van der Waals surface area contributed by atoms with E-state index in [1.165, 1.54) is 24.3 Å². The van der Waals surface area contributed by atoms with Crippen LogP contribution >= 0.6 is 0 Å². The number of nitrogens with one attached hydrogen (secondary N) is 1. The van der Waals surface area contributed by atoms with Crippen LogP contribution in [0.2, 0.25) is 0 Å². The molecule has 8 heteroatoms. The average molecular weight is 397 g/mol. The first-order valence-corrected chi connectivity index (χ1v) is 10.3. The SMILES string of the molecule is CN1CCC/C1=N/S(=O)(=O)c1ccc(NC(=O)c2cc3ccccc3o2)cc1. The molecule has 0 radical (unpaired) electrons. The van der Waals surface area contributed by atoms with Crippen LogP contribution in [0.1, 0.15) is 23.4 Å². The van der Waals surface area contributed by atoms with Crippen LogP contribution in [-0.2, 0) is 10.0 Å². The highest BCUT2D eigenvalue weighted by Gasteiger charge is 2.20. The lowest BCUT2D eigenvalue weighted by atomic mass is 10.2. The standard InChI is InChI=1S/C20H19N3O4S/c1-23-12-4-7-19(23)22-28(25,26)16-10-8-15(9-11-16)21-20(24)18-13-14-5-2-3-6-17(14)27-18/h2-3,5-6,8-11,13H,4,7,12H2,1H3,(H,21,24)/b22-19-. The fourth-order valence-electron chi connectivity index (χ4n) is 3.10. The number of amides is 1. The minimum Gasteiger partial charge on any atom is -0.451 e. The summed E-state index contributed by atoms with van der Waals surface area (Å²) in [7, 11) is -1.94. The van der Waals surface area contributed by atoms with Crippen molar-refractivity contribution in [2.45, 2.75) is 17.7 Å². The highest BCUT2D eigenvalue weighted by Crippen LogP contribution is 2.22. The summed E-state index contributed by atoms with van der Waals surface area (Å²) >= 11 is 0. The Morgan fingerprint density at radius 2 is 1.89 bits per heavy atom. The molecule has 1 aliphatic heterocycles. The van der Waals surface area contributed by atoms with E-state index in [4.69, 9.17) is 4.42 Å². The lowest BCUT2D eigenvalue weighted by molar-refractivity contribution is 0.0998. The molecule has 0 aliphatic carbocycles. The number of benzene rings is 2. The summed E-state index contributed by atoms with van der Waals surface area (Å²) in [5.41, 5.74) is 1.10. The molecule has 0 bridgehead atoms. The third-order valence-corrected chi connectivity index (χ3v) is 5.94. The summed E-state index contributed by atoms with van der Waals surface area (Å²) in [6.07, 6.45) is 1.55. The molecule has 0 atom stereocenters. The maximum Gasteiger partial charge on any atom is 0.291 e. The van der Waals surface area contributed by atoms with Crippen LogP contribution in [0.4, 0.5) is 5.69 Å². The van der Waals surface area contributed by atoms with Crippen molar-refractivity contribution < 1.29 is 17.6 Å². The predicted molar refractivity (Wildman–Crippen MR) is 107 cm³/mol. The van der Waals surface area contributed by atoms with Crippen molar-refractivity contribution in [3.05, 3.63) is 60.4 Å². The molecule has 1 saturated heterocycles. The van der Waals surface area contributed by atoms with Crippen LogP contribution in [0, 0.1) is 0 Å². The van der Waals surface area contributed by atoms with Gasteiger partial charge < -0.3 is 14.6 Å². The Kier molecular flexibility index (Phi) is 4.64. The van der Waals surface area contributed by atoms with E-state index < -0.39 is 15.9 Å². The van der Waals surface area contributed by atoms with E-state index in [2.05, 4.69) is 9.71 Å². The number of fused-ring (bicyclic) bond motifs is 1. The van der Waals surface area contributed by atoms with Gasteiger partial charge in [-0.3, -0.25) is 4.79 Å². The zero-order valence-electron chi connectivity index (χ0n) is 15.3. The second kappa shape index (κ2) is 7.12. The van der Waals surface area contributed by atoms with Crippen molar-refractivity contribution in [3.8, 4) is 0 Å². The van der Waals surface area contributed by atoms with Crippen molar-refractivity contribution in [1.29, 1.82) is 0 Å². The van der Waals surface area contributed by atoms with Crippen LogP contribution in [-0.4, -0.2) is 38.7 Å². The molecule has 144 valence electrons. The number of nitrogens with zero attached hydrogens (tertiary/aromatic N) is 2. The summed E-state index contributed by atoms with van der Waals surface area (Å²) in [6.45, 7) is 0.807. The third kappa shape index (κ3) is 3.63. The van der Waals surface area contributed by atoms with Gasteiger partial charge in [-0.25, -0.2) is 0 Å². The molecule has 0 saturated carbocycles. The largest absolute Gasteiger partial charge is 0.451 e. The van der Waals surface area contributed by atoms with Crippen molar-refractivity contribution in [2.24, 2.45) is 4.40 Å². The van der Waals surface area contributed by atoms with Gasteiger partial charge in [0.25, 0.3) is 15.9 Å². The zero-order valence-corrected chi connectivity index (χ0v) is 16.1. The van der Waals surface area contributed by atoms with Gasteiger partial charge in [-0.1, -0.05) is 18.2 Å². The normalized spacial score (nSPS) is 16.0. The fourth-order valence-corrected chi connectivity index (χ4v) is 4.19. The van der Waals surface area contributed by atoms with Gasteiger partial charge in [-0.05, 0) is 42.8 Å². The molecule has 7 nitrogen and oxygen atoms in total. The molecule has 1 N–H and O–H groups in total. The highest BCUT2D eigenvalue weighted by atomic mass is 32.2. The molecule has 1 aliphatic rings. The Bertz CT molecular complexity index is 1130. The molecule has 1 amide bonds. The number of carbonyl (C=O) groups excluding carboxylic acids is 1. The molecule has 2 aromatic carbocycles. The summed E-state index contributed by atoms with van der Waals surface area (Å²) in [6, 6.07) is 14.9. The van der Waals surface area contributed by atoms with Gasteiger partial charge >= 0.3 is 0 Å². The number of sulfonamides is 1. The highest BCUT2D eigenvalue weighted by molar-refractivity contribution is 7.90. The first-order chi connectivity index (χ1) is 13.4. The Morgan fingerprint density at radius 1 is 1.14 bits per heavy atom. The average Bonchev–Trinajstić information content (AvgIpc) is 3.28. The molecule has 1 fully saturated rings. The van der Waals surface area contributed by atoms with Gasteiger partial charge in [-0.2, -0.15) is 8.42 Å². The van der Waals surface area contributed by atoms with E-state index in [1.54, 1.807) is 12.1 Å². The summed E-state index contributed by atoms with van der Waals surface area (Å²) in [5, 5.41) is 3.54. The van der Waals surface area contributed by atoms with Gasteiger partial charge in [0.15, 0.2) is 5.76 Å².